The molecule has 118 valence electrons. The van der Waals surface area contributed by atoms with E-state index in [1.165, 1.54) is 11.6 Å². The van der Waals surface area contributed by atoms with E-state index in [-0.39, 0.29) is 57.7 Å². The summed E-state index contributed by atoms with van der Waals surface area (Å²) in [5.74, 6) is 0.229. The Morgan fingerprint density at radius 2 is 1.71 bits per heavy atom. The van der Waals surface area contributed by atoms with Crippen LogP contribution in [0.3, 0.4) is 0 Å². The molecule has 0 fully saturated rings. The Bertz CT molecular complexity index is 454. The SMILES string of the molecule is CC(C)(C)c1cc(O)cc(Cl)c1.CC1=[C-]CC=C1.Cl.Cl.[Ti]. The number of rotatable bonds is 0. The smallest absolute Gasteiger partial charge is 0.117 e. The molecule has 0 aromatic heterocycles. The molecular formula is C16H22Cl3OTi-. The van der Waals surface area contributed by atoms with E-state index in [2.05, 4.69) is 45.9 Å². The zero-order valence-electron chi connectivity index (χ0n) is 12.7. The van der Waals surface area contributed by atoms with Crippen molar-refractivity contribution in [2.75, 3.05) is 0 Å². The molecule has 1 aliphatic rings. The first-order chi connectivity index (χ1) is 8.29. The van der Waals surface area contributed by atoms with E-state index >= 15 is 0 Å². The van der Waals surface area contributed by atoms with Crippen LogP contribution >= 0.6 is 36.4 Å². The Balaban J connectivity index is -0.000000312. The van der Waals surface area contributed by atoms with Crippen molar-refractivity contribution in [3.63, 3.8) is 0 Å². The van der Waals surface area contributed by atoms with Gasteiger partial charge in [0, 0.05) is 26.7 Å². The van der Waals surface area contributed by atoms with Crippen LogP contribution in [0.15, 0.2) is 35.9 Å². The van der Waals surface area contributed by atoms with Crippen LogP contribution in [0.25, 0.3) is 0 Å². The molecule has 0 saturated heterocycles. The summed E-state index contributed by atoms with van der Waals surface area (Å²) < 4.78 is 0. The molecule has 1 nitrogen and oxygen atoms in total. The van der Waals surface area contributed by atoms with Crippen molar-refractivity contribution in [1.82, 2.24) is 0 Å². The molecule has 1 aliphatic carbocycles. The van der Waals surface area contributed by atoms with Crippen molar-refractivity contribution in [2.24, 2.45) is 0 Å². The van der Waals surface area contributed by atoms with Crippen LogP contribution in [0.1, 0.15) is 39.7 Å². The van der Waals surface area contributed by atoms with Crippen molar-refractivity contribution >= 4 is 36.4 Å². The normalized spacial score (nSPS) is 12.0. The standard InChI is InChI=1S/C10H13ClO.C6H7.2ClH.Ti/c1-10(2,3)7-4-8(11)6-9(12)5-7;1-6-4-2-3-5-6;;;/h4-6,12H,1-3H3;2,4H,3H2,1H3;2*1H;/q;-1;;;. The second-order valence-electron chi connectivity index (χ2n) is 5.41. The first-order valence-electron chi connectivity index (χ1n) is 6.03. The van der Waals surface area contributed by atoms with Crippen LogP contribution in [0.5, 0.6) is 5.75 Å². The molecule has 0 aliphatic heterocycles. The summed E-state index contributed by atoms with van der Waals surface area (Å²) in [4.78, 5) is 0. The van der Waals surface area contributed by atoms with E-state index in [1.807, 2.05) is 6.07 Å². The number of hydrogen-bond donors (Lipinski definition) is 1. The van der Waals surface area contributed by atoms with Crippen molar-refractivity contribution in [2.45, 2.75) is 39.5 Å². The van der Waals surface area contributed by atoms with Crippen molar-refractivity contribution in [3.05, 3.63) is 52.6 Å². The Morgan fingerprint density at radius 1 is 1.14 bits per heavy atom. The third-order valence-corrected chi connectivity index (χ3v) is 2.83. The zero-order valence-corrected chi connectivity index (χ0v) is 16.7. The minimum atomic E-state index is 0. The Kier molecular flexibility index (Phi) is 14.4. The number of aromatic hydroxyl groups is 1. The first-order valence-corrected chi connectivity index (χ1v) is 6.41. The number of halogens is 3. The fourth-order valence-electron chi connectivity index (χ4n) is 1.52. The molecule has 0 heterocycles. The fourth-order valence-corrected chi connectivity index (χ4v) is 1.75. The topological polar surface area (TPSA) is 20.2 Å². The van der Waals surface area contributed by atoms with Gasteiger partial charge >= 0.3 is 0 Å². The minimum absolute atomic E-state index is 0. The average molecular weight is 385 g/mol. The van der Waals surface area contributed by atoms with E-state index in [0.29, 0.717) is 5.02 Å². The maximum absolute atomic E-state index is 9.27. The Labute approximate surface area is 160 Å². The van der Waals surface area contributed by atoms with Gasteiger partial charge in [-0.05, 0) is 29.2 Å². The molecule has 0 saturated carbocycles. The van der Waals surface area contributed by atoms with E-state index in [1.54, 1.807) is 6.07 Å². The maximum atomic E-state index is 9.27. The predicted octanol–water partition coefficient (Wildman–Crippen LogP) is 5.88. The average Bonchev–Trinajstić information content (AvgIpc) is 2.67. The monoisotopic (exact) mass is 383 g/mol. The van der Waals surface area contributed by atoms with Crippen LogP contribution in [0.2, 0.25) is 5.02 Å². The van der Waals surface area contributed by atoms with Gasteiger partial charge in [-0.25, -0.2) is 11.6 Å². The van der Waals surface area contributed by atoms with Crippen LogP contribution < -0.4 is 0 Å². The number of phenolic OH excluding ortho intramolecular Hbond substituents is 1. The van der Waals surface area contributed by atoms with Crippen LogP contribution in [-0.4, -0.2) is 5.11 Å². The maximum Gasteiger partial charge on any atom is 0.117 e. The molecular weight excluding hydrogens is 362 g/mol. The summed E-state index contributed by atoms with van der Waals surface area (Å²) in [6.45, 7) is 8.30. The predicted molar refractivity (Wildman–Crippen MR) is 92.5 cm³/mol. The van der Waals surface area contributed by atoms with E-state index < -0.39 is 0 Å². The van der Waals surface area contributed by atoms with Gasteiger partial charge in [-0.2, -0.15) is 6.08 Å². The second-order valence-corrected chi connectivity index (χ2v) is 5.85. The molecule has 0 amide bonds. The quantitative estimate of drug-likeness (QED) is 0.437. The van der Waals surface area contributed by atoms with Gasteiger partial charge in [0.1, 0.15) is 5.75 Å². The molecule has 21 heavy (non-hydrogen) atoms. The van der Waals surface area contributed by atoms with E-state index in [4.69, 9.17) is 11.6 Å². The summed E-state index contributed by atoms with van der Waals surface area (Å²) in [6, 6.07) is 5.16. The third-order valence-electron chi connectivity index (χ3n) is 2.62. The molecule has 0 spiro atoms. The molecule has 0 bridgehead atoms. The summed E-state index contributed by atoms with van der Waals surface area (Å²) in [7, 11) is 0. The van der Waals surface area contributed by atoms with Gasteiger partial charge in [0.25, 0.3) is 0 Å². The summed E-state index contributed by atoms with van der Waals surface area (Å²) >= 11 is 5.80. The number of hydrogen-bond acceptors (Lipinski definition) is 1. The second kappa shape index (κ2) is 11.6. The van der Waals surface area contributed by atoms with Gasteiger partial charge in [0.15, 0.2) is 0 Å². The summed E-state index contributed by atoms with van der Waals surface area (Å²) in [6.07, 6.45) is 8.33. The number of benzene rings is 1. The molecule has 1 aromatic rings. The van der Waals surface area contributed by atoms with Gasteiger partial charge in [0.2, 0.25) is 0 Å². The Morgan fingerprint density at radius 3 is 2.00 bits per heavy atom. The van der Waals surface area contributed by atoms with Crippen molar-refractivity contribution < 1.29 is 26.8 Å². The minimum Gasteiger partial charge on any atom is -0.508 e. The first kappa shape index (κ1) is 26.0. The molecule has 1 N–H and O–H groups in total. The zero-order chi connectivity index (χ0) is 13.8. The largest absolute Gasteiger partial charge is 0.508 e. The van der Waals surface area contributed by atoms with Crippen LogP contribution in [0, 0.1) is 6.08 Å². The van der Waals surface area contributed by atoms with Crippen molar-refractivity contribution in [3.8, 4) is 5.75 Å². The van der Waals surface area contributed by atoms with Crippen molar-refractivity contribution in [1.29, 1.82) is 0 Å². The van der Waals surface area contributed by atoms with Crippen LogP contribution in [-0.2, 0) is 27.1 Å². The molecule has 2 rings (SSSR count). The molecule has 1 aromatic carbocycles. The fraction of sp³-hybridized carbons (Fsp3) is 0.375. The van der Waals surface area contributed by atoms with Gasteiger partial charge in [-0.3, -0.25) is 6.08 Å². The van der Waals surface area contributed by atoms with E-state index in [0.717, 1.165) is 12.0 Å². The molecule has 5 heteroatoms. The van der Waals surface area contributed by atoms with Gasteiger partial charge < -0.3 is 5.11 Å². The third kappa shape index (κ3) is 10.4. The molecule has 0 atom stereocenters. The van der Waals surface area contributed by atoms with Crippen LogP contribution in [0.4, 0.5) is 0 Å². The summed E-state index contributed by atoms with van der Waals surface area (Å²) in [5.41, 5.74) is 2.35. The molecule has 0 unspecified atom stereocenters. The summed E-state index contributed by atoms with van der Waals surface area (Å²) in [5, 5.41) is 9.86. The number of allylic oxidation sites excluding steroid dienone is 4. The van der Waals surface area contributed by atoms with Gasteiger partial charge in [0.05, 0.1) is 0 Å². The van der Waals surface area contributed by atoms with E-state index in [9.17, 15) is 5.11 Å². The number of phenols is 1. The van der Waals surface area contributed by atoms with Gasteiger partial charge in [-0.1, -0.05) is 39.3 Å². The Hall–Kier alpha value is 0.0843. The molecule has 0 radical (unpaired) electrons. The van der Waals surface area contributed by atoms with Gasteiger partial charge in [-0.15, -0.1) is 31.2 Å².